The molecular weight excluding hydrogens is 247 g/mol. The SMILES string of the molecule is O=C1OCCN1c1ccc(C2=CCNCC2)c(F)c1. The van der Waals surface area contributed by atoms with E-state index in [9.17, 15) is 9.18 Å². The number of benzene rings is 1. The van der Waals surface area contributed by atoms with E-state index in [1.807, 2.05) is 6.08 Å². The van der Waals surface area contributed by atoms with Gasteiger partial charge in [-0.15, -0.1) is 0 Å². The highest BCUT2D eigenvalue weighted by atomic mass is 19.1. The summed E-state index contributed by atoms with van der Waals surface area (Å²) in [6.45, 7) is 2.48. The Morgan fingerprint density at radius 3 is 2.89 bits per heavy atom. The number of carbonyl (C=O) groups is 1. The van der Waals surface area contributed by atoms with Gasteiger partial charge in [0.25, 0.3) is 0 Å². The van der Waals surface area contributed by atoms with Gasteiger partial charge in [0.15, 0.2) is 0 Å². The topological polar surface area (TPSA) is 41.6 Å². The molecule has 2 heterocycles. The largest absolute Gasteiger partial charge is 0.447 e. The van der Waals surface area contributed by atoms with Gasteiger partial charge in [0.2, 0.25) is 0 Å². The first-order valence-corrected chi connectivity index (χ1v) is 6.39. The molecule has 5 heteroatoms. The fraction of sp³-hybridized carbons (Fsp3) is 0.357. The Morgan fingerprint density at radius 1 is 1.37 bits per heavy atom. The van der Waals surface area contributed by atoms with Crippen LogP contribution in [0.1, 0.15) is 12.0 Å². The van der Waals surface area contributed by atoms with Crippen LogP contribution in [0.3, 0.4) is 0 Å². The van der Waals surface area contributed by atoms with Crippen molar-refractivity contribution in [2.24, 2.45) is 0 Å². The van der Waals surface area contributed by atoms with Gasteiger partial charge in [0, 0.05) is 12.1 Å². The van der Waals surface area contributed by atoms with Gasteiger partial charge >= 0.3 is 6.09 Å². The lowest BCUT2D eigenvalue weighted by Crippen LogP contribution is -2.23. The lowest BCUT2D eigenvalue weighted by atomic mass is 9.99. The van der Waals surface area contributed by atoms with Crippen LogP contribution in [0, 0.1) is 5.82 Å². The number of halogens is 1. The normalized spacial score (nSPS) is 19.3. The number of carbonyl (C=O) groups excluding carboxylic acids is 1. The molecule has 2 aliphatic rings. The van der Waals surface area contributed by atoms with Crippen LogP contribution in [0.25, 0.3) is 5.57 Å². The Morgan fingerprint density at radius 2 is 2.26 bits per heavy atom. The lowest BCUT2D eigenvalue weighted by Gasteiger charge is -2.17. The highest BCUT2D eigenvalue weighted by Gasteiger charge is 2.24. The average molecular weight is 262 g/mol. The number of rotatable bonds is 2. The van der Waals surface area contributed by atoms with Gasteiger partial charge in [-0.3, -0.25) is 4.90 Å². The van der Waals surface area contributed by atoms with E-state index in [-0.39, 0.29) is 5.82 Å². The minimum atomic E-state index is -0.409. The third-order valence-electron chi connectivity index (χ3n) is 3.44. The maximum atomic E-state index is 14.2. The van der Waals surface area contributed by atoms with Crippen LogP contribution in [-0.4, -0.2) is 32.3 Å². The average Bonchev–Trinajstić information content (AvgIpc) is 2.86. The summed E-state index contributed by atoms with van der Waals surface area (Å²) in [5, 5.41) is 3.20. The van der Waals surface area contributed by atoms with Gasteiger partial charge in [-0.05, 0) is 36.7 Å². The van der Waals surface area contributed by atoms with E-state index < -0.39 is 6.09 Å². The highest BCUT2D eigenvalue weighted by molar-refractivity contribution is 5.89. The molecule has 1 N–H and O–H groups in total. The standard InChI is InChI=1S/C14H15FN2O2/c15-13-9-11(17-7-8-19-14(17)18)1-2-12(13)10-3-5-16-6-4-10/h1-3,9,16H,4-8H2. The number of nitrogens with zero attached hydrogens (tertiary/aromatic N) is 1. The first-order chi connectivity index (χ1) is 9.25. The third-order valence-corrected chi connectivity index (χ3v) is 3.44. The number of hydrogen-bond donors (Lipinski definition) is 1. The Hall–Kier alpha value is -1.88. The van der Waals surface area contributed by atoms with E-state index in [2.05, 4.69) is 5.32 Å². The molecule has 0 radical (unpaired) electrons. The summed E-state index contributed by atoms with van der Waals surface area (Å²) in [5.41, 5.74) is 2.20. The molecule has 2 aliphatic heterocycles. The predicted molar refractivity (Wildman–Crippen MR) is 70.6 cm³/mol. The fourth-order valence-corrected chi connectivity index (χ4v) is 2.43. The van der Waals surface area contributed by atoms with Crippen molar-refractivity contribution in [2.45, 2.75) is 6.42 Å². The molecule has 1 aromatic carbocycles. The molecule has 100 valence electrons. The molecule has 1 aromatic rings. The first-order valence-electron chi connectivity index (χ1n) is 6.39. The molecule has 1 fully saturated rings. The molecule has 1 amide bonds. The Bertz CT molecular complexity index is 542. The lowest BCUT2D eigenvalue weighted by molar-refractivity contribution is 0.181. The van der Waals surface area contributed by atoms with E-state index in [4.69, 9.17) is 4.74 Å². The molecule has 0 spiro atoms. The van der Waals surface area contributed by atoms with Crippen molar-refractivity contribution in [1.82, 2.24) is 5.32 Å². The van der Waals surface area contributed by atoms with E-state index in [0.717, 1.165) is 25.1 Å². The second-order valence-electron chi connectivity index (χ2n) is 4.61. The minimum Gasteiger partial charge on any atom is -0.447 e. The zero-order valence-corrected chi connectivity index (χ0v) is 10.5. The Balaban J connectivity index is 1.89. The zero-order valence-electron chi connectivity index (χ0n) is 10.5. The Labute approximate surface area is 110 Å². The van der Waals surface area contributed by atoms with Crippen LogP contribution < -0.4 is 10.2 Å². The maximum absolute atomic E-state index is 14.2. The van der Waals surface area contributed by atoms with Crippen molar-refractivity contribution in [3.8, 4) is 0 Å². The smallest absolute Gasteiger partial charge is 0.414 e. The Kier molecular flexibility index (Phi) is 3.21. The van der Waals surface area contributed by atoms with Gasteiger partial charge < -0.3 is 10.1 Å². The minimum absolute atomic E-state index is 0.287. The summed E-state index contributed by atoms with van der Waals surface area (Å²) < 4.78 is 19.0. The van der Waals surface area contributed by atoms with Crippen LogP contribution in [0.2, 0.25) is 0 Å². The van der Waals surface area contributed by atoms with Crippen LogP contribution in [0.5, 0.6) is 0 Å². The van der Waals surface area contributed by atoms with Crippen LogP contribution in [0.4, 0.5) is 14.9 Å². The summed E-state index contributed by atoms with van der Waals surface area (Å²) >= 11 is 0. The first kappa shape index (κ1) is 12.2. The van der Waals surface area contributed by atoms with Crippen LogP contribution in [-0.2, 0) is 4.74 Å². The molecule has 4 nitrogen and oxygen atoms in total. The quantitative estimate of drug-likeness (QED) is 0.888. The summed E-state index contributed by atoms with van der Waals surface area (Å²) in [6, 6.07) is 4.92. The zero-order chi connectivity index (χ0) is 13.2. The van der Waals surface area contributed by atoms with Gasteiger partial charge in [-0.1, -0.05) is 6.08 Å². The molecule has 0 saturated carbocycles. The summed E-state index contributed by atoms with van der Waals surface area (Å²) in [4.78, 5) is 12.9. The van der Waals surface area contributed by atoms with Crippen LogP contribution >= 0.6 is 0 Å². The second kappa shape index (κ2) is 5.01. The van der Waals surface area contributed by atoms with Gasteiger partial charge in [0.05, 0.1) is 12.2 Å². The number of amides is 1. The molecule has 0 unspecified atom stereocenters. The van der Waals surface area contributed by atoms with E-state index in [1.165, 1.54) is 11.0 Å². The molecule has 0 bridgehead atoms. The highest BCUT2D eigenvalue weighted by Crippen LogP contribution is 2.27. The van der Waals surface area contributed by atoms with Gasteiger partial charge in [-0.2, -0.15) is 0 Å². The van der Waals surface area contributed by atoms with Crippen molar-refractivity contribution in [3.05, 3.63) is 35.7 Å². The molecular formula is C14H15FN2O2. The molecule has 0 aliphatic carbocycles. The van der Waals surface area contributed by atoms with E-state index in [0.29, 0.717) is 24.4 Å². The summed E-state index contributed by atoms with van der Waals surface area (Å²) in [7, 11) is 0. The van der Waals surface area contributed by atoms with Gasteiger partial charge in [0.1, 0.15) is 12.4 Å². The molecule has 19 heavy (non-hydrogen) atoms. The number of hydrogen-bond acceptors (Lipinski definition) is 3. The predicted octanol–water partition coefficient (Wildman–Crippen LogP) is 2.16. The number of cyclic esters (lactones) is 1. The van der Waals surface area contributed by atoms with E-state index >= 15 is 0 Å². The van der Waals surface area contributed by atoms with Crippen LogP contribution in [0.15, 0.2) is 24.3 Å². The molecule has 3 rings (SSSR count). The van der Waals surface area contributed by atoms with Crippen molar-refractivity contribution < 1.29 is 13.9 Å². The van der Waals surface area contributed by atoms with Crippen molar-refractivity contribution in [2.75, 3.05) is 31.1 Å². The molecule has 0 aromatic heterocycles. The van der Waals surface area contributed by atoms with Crippen molar-refractivity contribution in [1.29, 1.82) is 0 Å². The van der Waals surface area contributed by atoms with Gasteiger partial charge in [-0.25, -0.2) is 9.18 Å². The molecule has 1 saturated heterocycles. The summed E-state index contributed by atoms with van der Waals surface area (Å²) in [6.07, 6.45) is 2.42. The third kappa shape index (κ3) is 2.33. The van der Waals surface area contributed by atoms with Crippen molar-refractivity contribution in [3.63, 3.8) is 0 Å². The number of ether oxygens (including phenoxy) is 1. The fourth-order valence-electron chi connectivity index (χ4n) is 2.43. The van der Waals surface area contributed by atoms with Crippen molar-refractivity contribution >= 4 is 17.4 Å². The summed E-state index contributed by atoms with van der Waals surface area (Å²) in [5.74, 6) is -0.287. The second-order valence-corrected chi connectivity index (χ2v) is 4.61. The monoisotopic (exact) mass is 262 g/mol. The molecule has 0 atom stereocenters. The maximum Gasteiger partial charge on any atom is 0.414 e. The van der Waals surface area contributed by atoms with E-state index in [1.54, 1.807) is 12.1 Å². The number of nitrogens with one attached hydrogen (secondary N) is 1. The number of anilines is 1.